The van der Waals surface area contributed by atoms with Gasteiger partial charge in [-0.1, -0.05) is 11.2 Å². The van der Waals surface area contributed by atoms with Gasteiger partial charge in [-0.2, -0.15) is 5.10 Å². The zero-order chi connectivity index (χ0) is 18.9. The van der Waals surface area contributed by atoms with Crippen LogP contribution in [0.4, 0.5) is 6.01 Å². The van der Waals surface area contributed by atoms with Crippen molar-refractivity contribution in [3.63, 3.8) is 0 Å². The number of pyridine rings is 1. The second kappa shape index (κ2) is 5.68. The molecule has 0 aromatic carbocycles. The Balaban J connectivity index is 1.36. The van der Waals surface area contributed by atoms with E-state index in [-0.39, 0.29) is 6.04 Å². The highest BCUT2D eigenvalue weighted by Crippen LogP contribution is 2.44. The summed E-state index contributed by atoms with van der Waals surface area (Å²) in [5, 5.41) is 13.6. The van der Waals surface area contributed by atoms with Crippen LogP contribution in [0, 0.1) is 0 Å². The van der Waals surface area contributed by atoms with Crippen molar-refractivity contribution in [1.29, 1.82) is 0 Å². The number of hydrogen-bond acceptors (Lipinski definition) is 6. The van der Waals surface area contributed by atoms with Gasteiger partial charge in [-0.05, 0) is 49.3 Å². The van der Waals surface area contributed by atoms with E-state index in [2.05, 4.69) is 43.3 Å². The average molecular weight is 387 g/mol. The highest BCUT2D eigenvalue weighted by atomic mass is 16.4. The molecule has 146 valence electrons. The van der Waals surface area contributed by atoms with Crippen LogP contribution < -0.4 is 4.90 Å². The lowest BCUT2D eigenvalue weighted by atomic mass is 10.00. The summed E-state index contributed by atoms with van der Waals surface area (Å²) in [6.07, 6.45) is 9.50. The van der Waals surface area contributed by atoms with Crippen molar-refractivity contribution in [2.75, 3.05) is 11.4 Å². The first kappa shape index (κ1) is 15.7. The van der Waals surface area contributed by atoms with Crippen molar-refractivity contribution < 1.29 is 4.42 Å². The Hall–Kier alpha value is -3.16. The largest absolute Gasteiger partial charge is 0.408 e. The van der Waals surface area contributed by atoms with Gasteiger partial charge in [0, 0.05) is 30.8 Å². The van der Waals surface area contributed by atoms with Crippen molar-refractivity contribution in [2.24, 2.45) is 0 Å². The van der Waals surface area contributed by atoms with E-state index in [0.29, 0.717) is 17.9 Å². The van der Waals surface area contributed by atoms with E-state index < -0.39 is 0 Å². The highest BCUT2D eigenvalue weighted by Gasteiger charge is 2.38. The van der Waals surface area contributed by atoms with Crippen LogP contribution in [0.5, 0.6) is 0 Å². The van der Waals surface area contributed by atoms with E-state index in [1.807, 2.05) is 10.7 Å². The van der Waals surface area contributed by atoms with Gasteiger partial charge >= 0.3 is 6.01 Å². The summed E-state index contributed by atoms with van der Waals surface area (Å²) in [7, 11) is 0. The molecule has 1 atom stereocenters. The van der Waals surface area contributed by atoms with Gasteiger partial charge in [-0.15, -0.1) is 5.10 Å². The first-order valence-corrected chi connectivity index (χ1v) is 10.5. The molecule has 4 aromatic rings. The third kappa shape index (κ3) is 2.44. The predicted molar refractivity (Wildman–Crippen MR) is 105 cm³/mol. The second-order valence-electron chi connectivity index (χ2n) is 8.45. The lowest BCUT2D eigenvalue weighted by Crippen LogP contribution is -2.36. The minimum Gasteiger partial charge on any atom is -0.408 e. The van der Waals surface area contributed by atoms with Gasteiger partial charge in [0.15, 0.2) is 0 Å². The van der Waals surface area contributed by atoms with Gasteiger partial charge in [0.1, 0.15) is 6.04 Å². The summed E-state index contributed by atoms with van der Waals surface area (Å²) >= 11 is 0. The molecule has 2 saturated carbocycles. The fraction of sp³-hybridized carbons (Fsp3) is 0.429. The SMILES string of the molecule is c1cc(C2CC2)c2cc(C3c4nc[nH]c4CCN3c3nnc(C4CC4)o3)nn2c1. The van der Waals surface area contributed by atoms with Crippen molar-refractivity contribution in [1.82, 2.24) is 29.8 Å². The molecular weight excluding hydrogens is 366 g/mol. The van der Waals surface area contributed by atoms with Crippen LogP contribution in [0.15, 0.2) is 35.1 Å². The normalized spacial score (nSPS) is 21.7. The minimum absolute atomic E-state index is 0.135. The molecule has 7 rings (SSSR count). The van der Waals surface area contributed by atoms with E-state index >= 15 is 0 Å². The van der Waals surface area contributed by atoms with Crippen LogP contribution in [-0.2, 0) is 6.42 Å². The Kier molecular flexibility index (Phi) is 3.08. The Morgan fingerprint density at radius 2 is 2.00 bits per heavy atom. The maximum Gasteiger partial charge on any atom is 0.319 e. The maximum absolute atomic E-state index is 6.07. The molecule has 1 unspecified atom stereocenters. The number of rotatable bonds is 4. The standard InChI is InChI=1S/C21H21N7O/c1-2-14(12-3-4-12)17-10-16(26-28(17)8-1)19-18-15(22-11-23-18)7-9-27(19)21-25-24-20(29-21)13-5-6-13/h1-2,8,10-13,19H,3-7,9H2,(H,22,23). The quantitative estimate of drug-likeness (QED) is 0.578. The Bertz CT molecular complexity index is 1210. The fourth-order valence-corrected chi connectivity index (χ4v) is 4.55. The first-order valence-electron chi connectivity index (χ1n) is 10.5. The molecule has 1 N–H and O–H groups in total. The van der Waals surface area contributed by atoms with Gasteiger partial charge in [0.2, 0.25) is 5.89 Å². The van der Waals surface area contributed by atoms with Crippen molar-refractivity contribution in [3.8, 4) is 0 Å². The number of aromatic amines is 1. The highest BCUT2D eigenvalue weighted by molar-refractivity contribution is 5.59. The average Bonchev–Trinajstić information content (AvgIpc) is 3.62. The zero-order valence-corrected chi connectivity index (χ0v) is 16.0. The molecule has 8 heteroatoms. The summed E-state index contributed by atoms with van der Waals surface area (Å²) < 4.78 is 8.07. The van der Waals surface area contributed by atoms with Crippen LogP contribution in [0.3, 0.4) is 0 Å². The molecule has 0 spiro atoms. The minimum atomic E-state index is -0.135. The van der Waals surface area contributed by atoms with Crippen LogP contribution in [0.1, 0.15) is 72.1 Å². The lowest BCUT2D eigenvalue weighted by molar-refractivity contribution is 0.463. The van der Waals surface area contributed by atoms with Crippen LogP contribution >= 0.6 is 0 Å². The molecule has 1 aliphatic heterocycles. The fourth-order valence-electron chi connectivity index (χ4n) is 4.55. The third-order valence-electron chi connectivity index (χ3n) is 6.38. The molecule has 29 heavy (non-hydrogen) atoms. The Labute approximate surface area is 167 Å². The first-order chi connectivity index (χ1) is 14.3. The molecular formula is C21H21N7O. The predicted octanol–water partition coefficient (Wildman–Crippen LogP) is 3.35. The van der Waals surface area contributed by atoms with Crippen molar-refractivity contribution in [2.45, 2.75) is 50.0 Å². The summed E-state index contributed by atoms with van der Waals surface area (Å²) in [6.45, 7) is 0.787. The third-order valence-corrected chi connectivity index (χ3v) is 6.38. The number of hydrogen-bond donors (Lipinski definition) is 1. The monoisotopic (exact) mass is 387 g/mol. The van der Waals surface area contributed by atoms with E-state index in [1.54, 1.807) is 6.33 Å². The van der Waals surface area contributed by atoms with E-state index in [9.17, 15) is 0 Å². The van der Waals surface area contributed by atoms with Crippen molar-refractivity contribution >= 4 is 11.5 Å². The molecule has 2 aliphatic carbocycles. The van der Waals surface area contributed by atoms with Gasteiger partial charge in [-0.3, -0.25) is 0 Å². The molecule has 5 heterocycles. The van der Waals surface area contributed by atoms with Gasteiger partial charge in [0.25, 0.3) is 0 Å². The topological polar surface area (TPSA) is 88.1 Å². The molecule has 0 bridgehead atoms. The van der Waals surface area contributed by atoms with Crippen LogP contribution in [0.25, 0.3) is 5.52 Å². The summed E-state index contributed by atoms with van der Waals surface area (Å²) in [5.74, 6) is 1.87. The van der Waals surface area contributed by atoms with Crippen LogP contribution in [0.2, 0.25) is 0 Å². The summed E-state index contributed by atoms with van der Waals surface area (Å²) in [6, 6.07) is 6.98. The molecule has 0 amide bonds. The van der Waals surface area contributed by atoms with Gasteiger partial charge in [-0.25, -0.2) is 9.50 Å². The van der Waals surface area contributed by atoms with E-state index in [1.165, 1.54) is 23.9 Å². The number of nitrogens with zero attached hydrogens (tertiary/aromatic N) is 6. The smallest absolute Gasteiger partial charge is 0.319 e. The maximum atomic E-state index is 6.07. The number of H-pyrrole nitrogens is 1. The Morgan fingerprint density at radius 3 is 2.86 bits per heavy atom. The van der Waals surface area contributed by atoms with Crippen molar-refractivity contribution in [3.05, 3.63) is 59.3 Å². The zero-order valence-electron chi connectivity index (χ0n) is 16.0. The molecule has 2 fully saturated rings. The van der Waals surface area contributed by atoms with Crippen LogP contribution in [-0.4, -0.2) is 36.3 Å². The number of anilines is 1. The number of fused-ring (bicyclic) bond motifs is 2. The van der Waals surface area contributed by atoms with Gasteiger partial charge < -0.3 is 14.3 Å². The van der Waals surface area contributed by atoms with Gasteiger partial charge in [0.05, 0.1) is 23.2 Å². The molecule has 0 saturated heterocycles. The molecule has 8 nitrogen and oxygen atoms in total. The second-order valence-corrected chi connectivity index (χ2v) is 8.45. The van der Waals surface area contributed by atoms with E-state index in [0.717, 1.165) is 48.8 Å². The molecule has 0 radical (unpaired) electrons. The summed E-state index contributed by atoms with van der Waals surface area (Å²) in [4.78, 5) is 10.1. The number of imidazole rings is 1. The number of aromatic nitrogens is 6. The summed E-state index contributed by atoms with van der Waals surface area (Å²) in [5.41, 5.74) is 5.71. The molecule has 3 aliphatic rings. The molecule has 4 aromatic heterocycles. The lowest BCUT2D eigenvalue weighted by Gasteiger charge is -2.32. The number of nitrogens with one attached hydrogen (secondary N) is 1. The Morgan fingerprint density at radius 1 is 1.10 bits per heavy atom. The van der Waals surface area contributed by atoms with E-state index in [4.69, 9.17) is 9.52 Å².